The van der Waals surface area contributed by atoms with Crippen molar-refractivity contribution in [3.05, 3.63) is 95.6 Å². The second kappa shape index (κ2) is 13.6. The molecule has 34 heavy (non-hydrogen) atoms. The molecule has 0 saturated carbocycles. The van der Waals surface area contributed by atoms with Crippen molar-refractivity contribution >= 4 is 11.1 Å². The summed E-state index contributed by atoms with van der Waals surface area (Å²) in [5.41, 5.74) is 17.6. The molecule has 0 fully saturated rings. The van der Waals surface area contributed by atoms with Crippen LogP contribution in [0.4, 0.5) is 0 Å². The van der Waals surface area contributed by atoms with Gasteiger partial charge in [0.25, 0.3) is 0 Å². The fourth-order valence-electron chi connectivity index (χ4n) is 4.22. The van der Waals surface area contributed by atoms with Crippen LogP contribution in [0.1, 0.15) is 62.1 Å². The normalized spacial score (nSPS) is 12.8. The van der Waals surface area contributed by atoms with Gasteiger partial charge in [-0.1, -0.05) is 80.8 Å². The summed E-state index contributed by atoms with van der Waals surface area (Å²) in [7, 11) is 0. The van der Waals surface area contributed by atoms with Crippen LogP contribution in [0.25, 0.3) is 11.1 Å². The van der Waals surface area contributed by atoms with E-state index >= 15 is 0 Å². The molecule has 3 rings (SSSR count). The van der Waals surface area contributed by atoms with E-state index in [0.717, 1.165) is 54.7 Å². The van der Waals surface area contributed by atoms with Gasteiger partial charge in [0.2, 0.25) is 0 Å². The summed E-state index contributed by atoms with van der Waals surface area (Å²) in [4.78, 5) is 0. The highest BCUT2D eigenvalue weighted by atomic mass is 16.5. The molecule has 0 radical (unpaired) electrons. The topological polar surface area (TPSA) is 81.5 Å². The Morgan fingerprint density at radius 1 is 0.794 bits per heavy atom. The van der Waals surface area contributed by atoms with Crippen molar-refractivity contribution in [2.24, 2.45) is 11.5 Å². The first-order chi connectivity index (χ1) is 16.6. The number of phenols is 1. The Hall–Kier alpha value is -3.08. The van der Waals surface area contributed by atoms with Gasteiger partial charge in [-0.3, -0.25) is 0 Å². The number of allylic oxidation sites excluding steroid dienone is 1. The van der Waals surface area contributed by atoms with Gasteiger partial charge in [-0.25, -0.2) is 0 Å². The van der Waals surface area contributed by atoms with E-state index in [1.807, 2.05) is 30.3 Å². The van der Waals surface area contributed by atoms with Crippen molar-refractivity contribution in [1.82, 2.24) is 0 Å². The Labute approximate surface area is 204 Å². The van der Waals surface area contributed by atoms with Gasteiger partial charge in [0.05, 0.1) is 0 Å². The van der Waals surface area contributed by atoms with Crippen LogP contribution in [0, 0.1) is 0 Å². The van der Waals surface area contributed by atoms with Gasteiger partial charge in [0.15, 0.2) is 0 Å². The number of hydrogen-bond donors (Lipinski definition) is 3. The van der Waals surface area contributed by atoms with Gasteiger partial charge < -0.3 is 21.3 Å². The maximum Gasteiger partial charge on any atom is 0.119 e. The van der Waals surface area contributed by atoms with E-state index in [1.54, 1.807) is 12.1 Å². The minimum absolute atomic E-state index is 0.0368. The maximum absolute atomic E-state index is 9.81. The van der Waals surface area contributed by atoms with Crippen LogP contribution in [0.15, 0.2) is 78.9 Å². The SMILES string of the molecule is CCC(=C(c1ccc(O)cc1)c1ccc(OCC(N)CCCCCCN)cc1)c1ccccc1. The molecule has 0 bridgehead atoms. The largest absolute Gasteiger partial charge is 0.508 e. The third-order valence-electron chi connectivity index (χ3n) is 6.07. The summed E-state index contributed by atoms with van der Waals surface area (Å²) < 4.78 is 5.98. The molecule has 0 amide bonds. The molecule has 4 heteroatoms. The van der Waals surface area contributed by atoms with Crippen LogP contribution < -0.4 is 16.2 Å². The summed E-state index contributed by atoms with van der Waals surface area (Å²) in [6.07, 6.45) is 6.40. The van der Waals surface area contributed by atoms with Crippen LogP contribution >= 0.6 is 0 Å². The molecular weight excluding hydrogens is 420 g/mol. The monoisotopic (exact) mass is 458 g/mol. The number of hydrogen-bond acceptors (Lipinski definition) is 4. The maximum atomic E-state index is 9.81. The molecule has 180 valence electrons. The second-order valence-electron chi connectivity index (χ2n) is 8.71. The average molecular weight is 459 g/mol. The molecule has 0 aliphatic rings. The quantitative estimate of drug-likeness (QED) is 0.205. The summed E-state index contributed by atoms with van der Waals surface area (Å²) >= 11 is 0. The number of phenolic OH excluding ortho intramolecular Hbond substituents is 1. The summed E-state index contributed by atoms with van der Waals surface area (Å²) in [6, 6.07) is 26.2. The second-order valence-corrected chi connectivity index (χ2v) is 8.71. The Kier molecular flexibility index (Phi) is 10.2. The van der Waals surface area contributed by atoms with E-state index in [0.29, 0.717) is 6.61 Å². The lowest BCUT2D eigenvalue weighted by atomic mass is 9.88. The molecule has 0 aliphatic carbocycles. The number of unbranched alkanes of at least 4 members (excludes halogenated alkanes) is 3. The van der Waals surface area contributed by atoms with Crippen molar-refractivity contribution in [1.29, 1.82) is 0 Å². The van der Waals surface area contributed by atoms with Crippen LogP contribution in [-0.2, 0) is 0 Å². The molecule has 0 heterocycles. The Balaban J connectivity index is 1.76. The molecule has 0 spiro atoms. The van der Waals surface area contributed by atoms with Crippen LogP contribution in [-0.4, -0.2) is 24.3 Å². The lowest BCUT2D eigenvalue weighted by Gasteiger charge is -2.17. The molecule has 1 unspecified atom stereocenters. The van der Waals surface area contributed by atoms with E-state index < -0.39 is 0 Å². The number of benzene rings is 3. The highest BCUT2D eigenvalue weighted by molar-refractivity contribution is 5.98. The lowest BCUT2D eigenvalue weighted by Crippen LogP contribution is -2.27. The first-order valence-corrected chi connectivity index (χ1v) is 12.4. The lowest BCUT2D eigenvalue weighted by molar-refractivity contribution is 0.279. The van der Waals surface area contributed by atoms with Gasteiger partial charge in [0.1, 0.15) is 18.1 Å². The molecule has 0 saturated heterocycles. The predicted molar refractivity (Wildman–Crippen MR) is 143 cm³/mol. The van der Waals surface area contributed by atoms with Crippen molar-refractivity contribution < 1.29 is 9.84 Å². The van der Waals surface area contributed by atoms with Gasteiger partial charge in [-0.15, -0.1) is 0 Å². The van der Waals surface area contributed by atoms with Crippen molar-refractivity contribution in [2.75, 3.05) is 13.2 Å². The van der Waals surface area contributed by atoms with E-state index in [-0.39, 0.29) is 11.8 Å². The molecule has 0 aromatic heterocycles. The van der Waals surface area contributed by atoms with Crippen LogP contribution in [0.5, 0.6) is 11.5 Å². The zero-order chi connectivity index (χ0) is 24.2. The van der Waals surface area contributed by atoms with E-state index in [2.05, 4.69) is 43.3 Å². The Morgan fingerprint density at radius 2 is 1.41 bits per heavy atom. The fraction of sp³-hybridized carbons (Fsp3) is 0.333. The van der Waals surface area contributed by atoms with Gasteiger partial charge in [-0.2, -0.15) is 0 Å². The molecule has 1 atom stereocenters. The highest BCUT2D eigenvalue weighted by Gasteiger charge is 2.13. The summed E-state index contributed by atoms with van der Waals surface area (Å²) in [5.74, 6) is 1.09. The minimum Gasteiger partial charge on any atom is -0.508 e. The molecular formula is C30H38N2O2. The molecule has 4 nitrogen and oxygen atoms in total. The van der Waals surface area contributed by atoms with Gasteiger partial charge >= 0.3 is 0 Å². The number of ether oxygens (including phenoxy) is 1. The van der Waals surface area contributed by atoms with Crippen molar-refractivity contribution in [2.45, 2.75) is 51.5 Å². The van der Waals surface area contributed by atoms with E-state index in [1.165, 1.54) is 24.0 Å². The third kappa shape index (κ3) is 7.47. The molecule has 5 N–H and O–H groups in total. The summed E-state index contributed by atoms with van der Waals surface area (Å²) in [5, 5.41) is 9.81. The molecule has 0 aliphatic heterocycles. The minimum atomic E-state index is 0.0368. The first kappa shape index (κ1) is 25.5. The molecule has 3 aromatic carbocycles. The van der Waals surface area contributed by atoms with Crippen LogP contribution in [0.2, 0.25) is 0 Å². The van der Waals surface area contributed by atoms with Gasteiger partial charge in [-0.05, 0) is 77.9 Å². The predicted octanol–water partition coefficient (Wildman–Crippen LogP) is 6.38. The average Bonchev–Trinajstić information content (AvgIpc) is 2.87. The standard InChI is InChI=1S/C30H38N2O2/c1-2-29(23-10-6-5-7-11-23)30(24-13-17-27(33)18-14-24)25-15-19-28(20-16-25)34-22-26(32)12-8-3-4-9-21-31/h5-7,10-11,13-20,26,33H,2-4,8-9,12,21-22,31-32H2,1H3. The first-order valence-electron chi connectivity index (χ1n) is 12.4. The van der Waals surface area contributed by atoms with Crippen LogP contribution in [0.3, 0.4) is 0 Å². The molecule has 3 aromatic rings. The van der Waals surface area contributed by atoms with Gasteiger partial charge in [0, 0.05) is 6.04 Å². The third-order valence-corrected chi connectivity index (χ3v) is 6.07. The van der Waals surface area contributed by atoms with Crippen molar-refractivity contribution in [3.63, 3.8) is 0 Å². The summed E-state index contributed by atoms with van der Waals surface area (Å²) in [6.45, 7) is 3.46. The Bertz CT molecular complexity index is 1010. The zero-order valence-electron chi connectivity index (χ0n) is 20.2. The van der Waals surface area contributed by atoms with E-state index in [9.17, 15) is 5.11 Å². The number of aromatic hydroxyl groups is 1. The number of nitrogens with two attached hydrogens (primary N) is 2. The highest BCUT2D eigenvalue weighted by Crippen LogP contribution is 2.35. The fourth-order valence-corrected chi connectivity index (χ4v) is 4.22. The van der Waals surface area contributed by atoms with E-state index in [4.69, 9.17) is 16.2 Å². The smallest absolute Gasteiger partial charge is 0.119 e. The zero-order valence-corrected chi connectivity index (χ0v) is 20.2. The number of rotatable bonds is 13. The Morgan fingerprint density at radius 3 is 2.03 bits per heavy atom. The van der Waals surface area contributed by atoms with Crippen molar-refractivity contribution in [3.8, 4) is 11.5 Å².